The molecule has 2 nitrogen and oxygen atoms in total. The summed E-state index contributed by atoms with van der Waals surface area (Å²) in [5.74, 6) is 0.455. The van der Waals surface area contributed by atoms with Gasteiger partial charge in [0.2, 0.25) is 0 Å². The number of aliphatic hydroxyl groups is 1. The molecule has 0 spiro atoms. The molecule has 2 unspecified atom stereocenters. The monoisotopic (exact) mass is 144 g/mol. The highest BCUT2D eigenvalue weighted by atomic mass is 16.5. The maximum absolute atomic E-state index is 8.65. The fourth-order valence-electron chi connectivity index (χ4n) is 0.995. The van der Waals surface area contributed by atoms with Crippen molar-refractivity contribution in [3.63, 3.8) is 0 Å². The summed E-state index contributed by atoms with van der Waals surface area (Å²) < 4.78 is 5.44. The first-order chi connectivity index (χ1) is 4.88. The molecule has 1 rings (SSSR count). The summed E-state index contributed by atoms with van der Waals surface area (Å²) >= 11 is 0. The number of hydrogen-bond donors (Lipinski definition) is 1. The predicted octanol–water partition coefficient (Wildman–Crippen LogP) is 1.18. The van der Waals surface area contributed by atoms with Crippen LogP contribution in [0.25, 0.3) is 0 Å². The second-order valence-corrected chi connectivity index (χ2v) is 2.94. The minimum absolute atomic E-state index is 0.302. The van der Waals surface area contributed by atoms with Crippen LogP contribution < -0.4 is 0 Å². The van der Waals surface area contributed by atoms with Gasteiger partial charge in [-0.2, -0.15) is 0 Å². The summed E-state index contributed by atoms with van der Waals surface area (Å²) in [7, 11) is 0. The highest BCUT2D eigenvalue weighted by Crippen LogP contribution is 2.32. The molecule has 0 aliphatic heterocycles. The van der Waals surface area contributed by atoms with E-state index in [0.717, 1.165) is 19.4 Å². The molecule has 1 N–H and O–H groups in total. The van der Waals surface area contributed by atoms with E-state index in [4.69, 9.17) is 9.84 Å². The van der Waals surface area contributed by atoms with Gasteiger partial charge in [0.25, 0.3) is 0 Å². The lowest BCUT2D eigenvalue weighted by Gasteiger charge is -1.99. The number of aliphatic hydroxyl groups excluding tert-OH is 1. The van der Waals surface area contributed by atoms with Crippen molar-refractivity contribution in [2.75, 3.05) is 13.2 Å². The molecule has 0 aromatic carbocycles. The molecule has 0 saturated heterocycles. The van der Waals surface area contributed by atoms with E-state index in [2.05, 4.69) is 6.92 Å². The number of unbranched alkanes of at least 4 members (excludes halogenated alkanes) is 1. The van der Waals surface area contributed by atoms with Crippen LogP contribution in [0, 0.1) is 5.92 Å². The molecular formula is C8H16O2. The summed E-state index contributed by atoms with van der Waals surface area (Å²) in [5.41, 5.74) is 0. The van der Waals surface area contributed by atoms with E-state index in [-0.39, 0.29) is 0 Å². The molecule has 10 heavy (non-hydrogen) atoms. The van der Waals surface area contributed by atoms with E-state index in [1.54, 1.807) is 0 Å². The van der Waals surface area contributed by atoms with Crippen molar-refractivity contribution in [2.45, 2.75) is 32.3 Å². The predicted molar refractivity (Wildman–Crippen MR) is 39.8 cm³/mol. The van der Waals surface area contributed by atoms with Gasteiger partial charge in [-0.1, -0.05) is 13.3 Å². The van der Waals surface area contributed by atoms with Gasteiger partial charge >= 0.3 is 0 Å². The van der Waals surface area contributed by atoms with Gasteiger partial charge in [-0.15, -0.1) is 0 Å². The van der Waals surface area contributed by atoms with Gasteiger partial charge in [-0.25, -0.2) is 0 Å². The lowest BCUT2D eigenvalue weighted by molar-refractivity contribution is 0.0964. The van der Waals surface area contributed by atoms with Crippen molar-refractivity contribution in [3.8, 4) is 0 Å². The molecule has 0 radical (unpaired) electrons. The van der Waals surface area contributed by atoms with Crippen LogP contribution in [0.2, 0.25) is 0 Å². The molecule has 1 saturated carbocycles. The molecule has 0 bridgehead atoms. The van der Waals surface area contributed by atoms with Crippen LogP contribution in [0.4, 0.5) is 0 Å². The zero-order valence-electron chi connectivity index (χ0n) is 6.55. The fraction of sp³-hybridized carbons (Fsp3) is 1.00. The van der Waals surface area contributed by atoms with Crippen LogP contribution in [-0.2, 0) is 4.74 Å². The Bertz CT molecular complexity index is 93.3. The normalized spacial score (nSPS) is 30.6. The Morgan fingerprint density at radius 3 is 2.90 bits per heavy atom. The Morgan fingerprint density at radius 2 is 2.40 bits per heavy atom. The second kappa shape index (κ2) is 3.94. The van der Waals surface area contributed by atoms with Gasteiger partial charge in [-0.3, -0.25) is 0 Å². The van der Waals surface area contributed by atoms with Crippen LogP contribution in [-0.4, -0.2) is 24.4 Å². The van der Waals surface area contributed by atoms with E-state index < -0.39 is 0 Å². The van der Waals surface area contributed by atoms with E-state index in [0.29, 0.717) is 18.6 Å². The van der Waals surface area contributed by atoms with E-state index in [1.165, 1.54) is 6.42 Å². The van der Waals surface area contributed by atoms with Crippen LogP contribution in [0.1, 0.15) is 26.2 Å². The van der Waals surface area contributed by atoms with Crippen molar-refractivity contribution in [3.05, 3.63) is 0 Å². The highest BCUT2D eigenvalue weighted by molar-refractivity contribution is 4.86. The van der Waals surface area contributed by atoms with Crippen LogP contribution in [0.3, 0.4) is 0 Å². The molecule has 0 heterocycles. The van der Waals surface area contributed by atoms with E-state index in [1.807, 2.05) is 0 Å². The minimum Gasteiger partial charge on any atom is -0.396 e. The topological polar surface area (TPSA) is 29.5 Å². The average molecular weight is 144 g/mol. The first kappa shape index (κ1) is 8.02. The van der Waals surface area contributed by atoms with Gasteiger partial charge in [0.05, 0.1) is 6.10 Å². The maximum atomic E-state index is 8.65. The van der Waals surface area contributed by atoms with Gasteiger partial charge in [-0.05, 0) is 12.8 Å². The third-order valence-electron chi connectivity index (χ3n) is 1.92. The first-order valence-corrected chi connectivity index (χ1v) is 4.11. The molecule has 0 aromatic rings. The summed E-state index contributed by atoms with van der Waals surface area (Å²) in [6, 6.07) is 0. The van der Waals surface area contributed by atoms with Crippen LogP contribution in [0.5, 0.6) is 0 Å². The van der Waals surface area contributed by atoms with E-state index in [9.17, 15) is 0 Å². The van der Waals surface area contributed by atoms with Crippen LogP contribution in [0.15, 0.2) is 0 Å². The molecule has 1 fully saturated rings. The number of ether oxygens (including phenoxy) is 1. The third kappa shape index (κ3) is 2.27. The fourth-order valence-corrected chi connectivity index (χ4v) is 0.995. The van der Waals surface area contributed by atoms with Crippen molar-refractivity contribution < 1.29 is 9.84 Å². The van der Waals surface area contributed by atoms with Gasteiger partial charge < -0.3 is 9.84 Å². The Balaban J connectivity index is 1.87. The summed E-state index contributed by atoms with van der Waals surface area (Å²) in [5, 5.41) is 8.65. The Morgan fingerprint density at radius 1 is 1.60 bits per heavy atom. The Hall–Kier alpha value is -0.0800. The largest absolute Gasteiger partial charge is 0.396 e. The van der Waals surface area contributed by atoms with Gasteiger partial charge in [0.1, 0.15) is 0 Å². The molecule has 2 atom stereocenters. The van der Waals surface area contributed by atoms with E-state index >= 15 is 0 Å². The van der Waals surface area contributed by atoms with Crippen molar-refractivity contribution in [1.29, 1.82) is 0 Å². The number of hydrogen-bond acceptors (Lipinski definition) is 2. The van der Waals surface area contributed by atoms with Gasteiger partial charge in [0, 0.05) is 19.1 Å². The van der Waals surface area contributed by atoms with Crippen molar-refractivity contribution in [2.24, 2.45) is 5.92 Å². The van der Waals surface area contributed by atoms with Crippen molar-refractivity contribution in [1.82, 2.24) is 0 Å². The van der Waals surface area contributed by atoms with Crippen LogP contribution >= 0.6 is 0 Å². The summed E-state index contributed by atoms with van der Waals surface area (Å²) in [4.78, 5) is 0. The molecule has 0 amide bonds. The lowest BCUT2D eigenvalue weighted by Crippen LogP contribution is -2.00. The van der Waals surface area contributed by atoms with Crippen molar-refractivity contribution >= 4 is 0 Å². The molecule has 1 aliphatic rings. The zero-order valence-corrected chi connectivity index (χ0v) is 6.55. The standard InChI is InChI=1S/C8H16O2/c1-2-3-4-10-8-5-7(8)6-9/h7-9H,2-6H2,1H3. The second-order valence-electron chi connectivity index (χ2n) is 2.94. The minimum atomic E-state index is 0.302. The molecule has 0 aromatic heterocycles. The Kier molecular flexibility index (Phi) is 3.16. The molecule has 2 heteroatoms. The highest BCUT2D eigenvalue weighted by Gasteiger charge is 2.37. The quantitative estimate of drug-likeness (QED) is 0.587. The average Bonchev–Trinajstić information content (AvgIpc) is 2.68. The molecular weight excluding hydrogens is 128 g/mol. The lowest BCUT2D eigenvalue weighted by atomic mass is 10.4. The first-order valence-electron chi connectivity index (χ1n) is 4.11. The summed E-state index contributed by atoms with van der Waals surface area (Å²) in [6.07, 6.45) is 3.79. The van der Waals surface area contributed by atoms with Gasteiger partial charge in [0.15, 0.2) is 0 Å². The zero-order chi connectivity index (χ0) is 7.40. The SMILES string of the molecule is CCCCOC1CC1CO. The smallest absolute Gasteiger partial charge is 0.0630 e. The number of rotatable bonds is 5. The molecule has 1 aliphatic carbocycles. The maximum Gasteiger partial charge on any atom is 0.0630 e. The Labute approximate surface area is 62.2 Å². The molecule has 60 valence electrons. The summed E-state index contributed by atoms with van der Waals surface area (Å²) in [6.45, 7) is 3.33. The third-order valence-corrected chi connectivity index (χ3v) is 1.92.